The molecule has 0 aliphatic carbocycles. The fourth-order valence-electron chi connectivity index (χ4n) is 1.08. The first-order valence-corrected chi connectivity index (χ1v) is 4.62. The van der Waals surface area contributed by atoms with Crippen molar-refractivity contribution >= 4 is 11.6 Å². The second kappa shape index (κ2) is 4.16. The van der Waals surface area contributed by atoms with Crippen molar-refractivity contribution in [1.29, 1.82) is 0 Å². The molecule has 0 aliphatic rings. The standard InChI is InChI=1S/C12H8ClO/c13-10-6-8-12(9-7-10)14-11-4-2-1-3-5-11/h1-2,4-9H. The first kappa shape index (κ1) is 9.10. The molecule has 0 fully saturated rings. The van der Waals surface area contributed by atoms with Gasteiger partial charge in [-0.2, -0.15) is 0 Å². The monoisotopic (exact) mass is 203 g/mol. The number of halogens is 1. The van der Waals surface area contributed by atoms with Gasteiger partial charge in [0, 0.05) is 5.02 Å². The molecule has 0 spiro atoms. The second-order valence-electron chi connectivity index (χ2n) is 2.80. The Morgan fingerprint density at radius 1 is 1.00 bits per heavy atom. The van der Waals surface area contributed by atoms with Crippen LogP contribution < -0.4 is 4.74 Å². The molecule has 0 saturated carbocycles. The molecule has 2 aromatic rings. The van der Waals surface area contributed by atoms with Gasteiger partial charge in [-0.3, -0.25) is 0 Å². The summed E-state index contributed by atoms with van der Waals surface area (Å²) < 4.78 is 5.54. The summed E-state index contributed by atoms with van der Waals surface area (Å²) in [7, 11) is 0. The summed E-state index contributed by atoms with van der Waals surface area (Å²) >= 11 is 5.75. The van der Waals surface area contributed by atoms with Crippen LogP contribution in [0.25, 0.3) is 0 Å². The van der Waals surface area contributed by atoms with Crippen LogP contribution in [0.3, 0.4) is 0 Å². The van der Waals surface area contributed by atoms with Crippen molar-refractivity contribution in [3.63, 3.8) is 0 Å². The minimum Gasteiger partial charge on any atom is -0.457 e. The molecule has 0 heterocycles. The average Bonchev–Trinajstić information content (AvgIpc) is 2.23. The Bertz CT molecular complexity index is 394. The predicted molar refractivity (Wildman–Crippen MR) is 56.8 cm³/mol. The van der Waals surface area contributed by atoms with Gasteiger partial charge in [-0.1, -0.05) is 23.7 Å². The second-order valence-corrected chi connectivity index (χ2v) is 3.23. The van der Waals surface area contributed by atoms with Gasteiger partial charge in [-0.25, -0.2) is 0 Å². The lowest BCUT2D eigenvalue weighted by molar-refractivity contribution is 0.482. The van der Waals surface area contributed by atoms with Crippen molar-refractivity contribution in [1.82, 2.24) is 0 Å². The lowest BCUT2D eigenvalue weighted by atomic mass is 10.3. The Hall–Kier alpha value is -1.47. The fraction of sp³-hybridized carbons (Fsp3) is 0. The molecule has 0 bridgehead atoms. The number of ether oxygens (including phenoxy) is 1. The van der Waals surface area contributed by atoms with E-state index in [0.29, 0.717) is 5.02 Å². The maximum atomic E-state index is 5.75. The summed E-state index contributed by atoms with van der Waals surface area (Å²) in [6, 6.07) is 17.6. The molecule has 0 atom stereocenters. The van der Waals surface area contributed by atoms with Gasteiger partial charge < -0.3 is 4.74 Å². The van der Waals surface area contributed by atoms with E-state index in [1.807, 2.05) is 30.3 Å². The summed E-state index contributed by atoms with van der Waals surface area (Å²) in [6.07, 6.45) is 0. The summed E-state index contributed by atoms with van der Waals surface area (Å²) in [5.74, 6) is 1.55. The van der Waals surface area contributed by atoms with Crippen molar-refractivity contribution in [3.8, 4) is 11.5 Å². The minimum absolute atomic E-state index is 0.706. The van der Waals surface area contributed by atoms with Crippen LogP contribution in [0.15, 0.2) is 48.5 Å². The molecule has 0 unspecified atom stereocenters. The summed E-state index contributed by atoms with van der Waals surface area (Å²) in [4.78, 5) is 0. The quantitative estimate of drug-likeness (QED) is 0.719. The van der Waals surface area contributed by atoms with Crippen molar-refractivity contribution < 1.29 is 4.74 Å². The van der Waals surface area contributed by atoms with Crippen molar-refractivity contribution in [2.45, 2.75) is 0 Å². The largest absolute Gasteiger partial charge is 0.457 e. The lowest BCUT2D eigenvalue weighted by Crippen LogP contribution is -1.82. The predicted octanol–water partition coefficient (Wildman–Crippen LogP) is 3.93. The van der Waals surface area contributed by atoms with Gasteiger partial charge in [-0.15, -0.1) is 0 Å². The van der Waals surface area contributed by atoms with E-state index in [1.165, 1.54) is 0 Å². The van der Waals surface area contributed by atoms with Crippen molar-refractivity contribution in [2.24, 2.45) is 0 Å². The average molecular weight is 204 g/mol. The Labute approximate surface area is 87.9 Å². The van der Waals surface area contributed by atoms with E-state index in [4.69, 9.17) is 16.3 Å². The van der Waals surface area contributed by atoms with Crippen molar-refractivity contribution in [3.05, 3.63) is 59.6 Å². The molecule has 0 aliphatic heterocycles. The first-order valence-electron chi connectivity index (χ1n) is 4.24. The Morgan fingerprint density at radius 2 is 1.79 bits per heavy atom. The highest BCUT2D eigenvalue weighted by Gasteiger charge is 1.95. The Morgan fingerprint density at radius 3 is 2.43 bits per heavy atom. The van der Waals surface area contributed by atoms with Gasteiger partial charge in [-0.05, 0) is 42.5 Å². The van der Waals surface area contributed by atoms with Gasteiger partial charge in [0.15, 0.2) is 0 Å². The molecular formula is C12H8ClO. The minimum atomic E-state index is 0.706. The van der Waals surface area contributed by atoms with Crippen LogP contribution in [0, 0.1) is 6.07 Å². The summed E-state index contributed by atoms with van der Waals surface area (Å²) in [6.45, 7) is 0. The zero-order valence-electron chi connectivity index (χ0n) is 7.41. The third-order valence-corrected chi connectivity index (χ3v) is 1.98. The van der Waals surface area contributed by atoms with Gasteiger partial charge in [0.25, 0.3) is 0 Å². The van der Waals surface area contributed by atoms with E-state index < -0.39 is 0 Å². The molecule has 0 saturated heterocycles. The van der Waals surface area contributed by atoms with Crippen LogP contribution in [0.1, 0.15) is 0 Å². The van der Waals surface area contributed by atoms with Crippen molar-refractivity contribution in [2.75, 3.05) is 0 Å². The number of rotatable bonds is 2. The van der Waals surface area contributed by atoms with Crippen LogP contribution in [0.4, 0.5) is 0 Å². The third-order valence-electron chi connectivity index (χ3n) is 1.73. The molecule has 69 valence electrons. The fourth-order valence-corrected chi connectivity index (χ4v) is 1.21. The van der Waals surface area contributed by atoms with Crippen LogP contribution in [0.2, 0.25) is 5.02 Å². The Balaban J connectivity index is 2.16. The lowest BCUT2D eigenvalue weighted by Gasteiger charge is -2.04. The van der Waals surface area contributed by atoms with Crippen LogP contribution in [-0.2, 0) is 0 Å². The third kappa shape index (κ3) is 2.27. The van der Waals surface area contributed by atoms with E-state index in [0.717, 1.165) is 11.5 Å². The highest BCUT2D eigenvalue weighted by atomic mass is 35.5. The summed E-state index contributed by atoms with van der Waals surface area (Å²) in [5, 5.41) is 0.706. The highest BCUT2D eigenvalue weighted by Crippen LogP contribution is 2.22. The van der Waals surface area contributed by atoms with E-state index >= 15 is 0 Å². The topological polar surface area (TPSA) is 9.23 Å². The van der Waals surface area contributed by atoms with Crippen LogP contribution >= 0.6 is 11.6 Å². The smallest absolute Gasteiger partial charge is 0.128 e. The molecule has 1 nitrogen and oxygen atoms in total. The Kier molecular flexibility index (Phi) is 2.70. The van der Waals surface area contributed by atoms with Gasteiger partial charge in [0.2, 0.25) is 0 Å². The maximum Gasteiger partial charge on any atom is 0.128 e. The molecule has 2 rings (SSSR count). The van der Waals surface area contributed by atoms with Gasteiger partial charge >= 0.3 is 0 Å². The molecule has 0 N–H and O–H groups in total. The van der Waals surface area contributed by atoms with Gasteiger partial charge in [0.05, 0.1) is 0 Å². The summed E-state index contributed by atoms with van der Waals surface area (Å²) in [5.41, 5.74) is 0. The molecule has 1 radical (unpaired) electrons. The number of hydrogen-bond donors (Lipinski definition) is 0. The number of benzene rings is 2. The van der Waals surface area contributed by atoms with E-state index in [1.54, 1.807) is 18.2 Å². The normalized spacial score (nSPS) is 9.79. The molecule has 2 heteroatoms. The first-order chi connectivity index (χ1) is 6.84. The number of hydrogen-bond acceptors (Lipinski definition) is 1. The van der Waals surface area contributed by atoms with Crippen LogP contribution in [-0.4, -0.2) is 0 Å². The molecule has 0 amide bonds. The van der Waals surface area contributed by atoms with E-state index in [-0.39, 0.29) is 0 Å². The molecular weight excluding hydrogens is 196 g/mol. The van der Waals surface area contributed by atoms with Gasteiger partial charge in [0.1, 0.15) is 11.5 Å². The zero-order valence-corrected chi connectivity index (χ0v) is 8.16. The van der Waals surface area contributed by atoms with E-state index in [2.05, 4.69) is 6.07 Å². The molecule has 0 aromatic heterocycles. The SMILES string of the molecule is Clc1ccc(Oc2c[c]ccc2)cc1. The van der Waals surface area contributed by atoms with E-state index in [9.17, 15) is 0 Å². The highest BCUT2D eigenvalue weighted by molar-refractivity contribution is 6.30. The molecule has 14 heavy (non-hydrogen) atoms. The maximum absolute atomic E-state index is 5.75. The molecule has 2 aromatic carbocycles. The van der Waals surface area contributed by atoms with Crippen LogP contribution in [0.5, 0.6) is 11.5 Å². The zero-order chi connectivity index (χ0) is 9.80.